The van der Waals surface area contributed by atoms with Gasteiger partial charge >= 0.3 is 6.03 Å². The number of carbonyl (C=O) groups is 1. The second kappa shape index (κ2) is 12.1. The smallest absolute Gasteiger partial charge is 0.318 e. The fourth-order valence-corrected chi connectivity index (χ4v) is 4.07. The number of urea groups is 1. The Balaban J connectivity index is 1.78. The van der Waals surface area contributed by atoms with E-state index in [1.807, 2.05) is 44.2 Å². The first-order chi connectivity index (χ1) is 15.8. The molecule has 2 aromatic carbocycles. The van der Waals surface area contributed by atoms with Gasteiger partial charge in [0.1, 0.15) is 11.6 Å². The van der Waals surface area contributed by atoms with Gasteiger partial charge in [-0.3, -0.25) is 0 Å². The van der Waals surface area contributed by atoms with Gasteiger partial charge in [-0.1, -0.05) is 36.4 Å². The average Bonchev–Trinajstić information content (AvgIpc) is 2.79. The largest absolute Gasteiger partial charge is 0.376 e. The van der Waals surface area contributed by atoms with Crippen molar-refractivity contribution in [1.82, 2.24) is 15.1 Å². The van der Waals surface area contributed by atoms with E-state index in [0.717, 1.165) is 37.6 Å². The van der Waals surface area contributed by atoms with E-state index in [2.05, 4.69) is 17.3 Å². The normalized spacial score (nSPS) is 16.1. The molecule has 0 aromatic heterocycles. The average molecular weight is 460 g/mol. The summed E-state index contributed by atoms with van der Waals surface area (Å²) in [5.74, 6) is -0.936. The summed E-state index contributed by atoms with van der Waals surface area (Å²) < 4.78 is 33.6. The van der Waals surface area contributed by atoms with E-state index in [-0.39, 0.29) is 24.7 Å². The van der Waals surface area contributed by atoms with Gasteiger partial charge in [0.2, 0.25) is 0 Å². The lowest BCUT2D eigenvalue weighted by atomic mass is 9.96. The zero-order valence-electron chi connectivity index (χ0n) is 19.8. The van der Waals surface area contributed by atoms with Crippen LogP contribution in [0.2, 0.25) is 0 Å². The van der Waals surface area contributed by atoms with Gasteiger partial charge in [0, 0.05) is 18.2 Å². The summed E-state index contributed by atoms with van der Waals surface area (Å²) in [6.45, 7) is 6.78. The summed E-state index contributed by atoms with van der Waals surface area (Å²) in [5.41, 5.74) is 1.24. The van der Waals surface area contributed by atoms with Crippen LogP contribution < -0.4 is 5.32 Å². The molecular weight excluding hydrogens is 424 g/mol. The van der Waals surface area contributed by atoms with Crippen LogP contribution >= 0.6 is 0 Å². The van der Waals surface area contributed by atoms with E-state index >= 15 is 0 Å². The highest BCUT2D eigenvalue weighted by atomic mass is 19.1. The number of halogens is 2. The van der Waals surface area contributed by atoms with Gasteiger partial charge in [-0.05, 0) is 64.4 Å². The van der Waals surface area contributed by atoms with Gasteiger partial charge in [-0.15, -0.1) is 0 Å². The molecule has 1 saturated heterocycles. The number of likely N-dealkylation sites (tertiary alicyclic amines) is 1. The number of piperidine rings is 1. The highest BCUT2D eigenvalue weighted by molar-refractivity contribution is 5.74. The molecule has 0 aliphatic carbocycles. The second-order valence-corrected chi connectivity index (χ2v) is 9.16. The standard InChI is InChI=1S/C26H35F2N3O2/c1-19(2)33-18-25(21-7-5-4-6-8-21)29-26(32)31(16-20-11-13-30(3)14-12-20)17-22-9-10-23(27)15-24(22)28/h4-10,15,19-20,25H,11-14,16-18H2,1-3H3,(H,29,32). The van der Waals surface area contributed by atoms with Crippen molar-refractivity contribution in [3.05, 3.63) is 71.3 Å². The number of rotatable bonds is 9. The van der Waals surface area contributed by atoms with Crippen molar-refractivity contribution in [2.75, 3.05) is 33.3 Å². The third-order valence-corrected chi connectivity index (χ3v) is 6.08. The minimum absolute atomic E-state index is 0.0248. The van der Waals surface area contributed by atoms with Crippen LogP contribution in [0.25, 0.3) is 0 Å². The predicted molar refractivity (Wildman–Crippen MR) is 126 cm³/mol. The number of ether oxygens (including phenoxy) is 1. The summed E-state index contributed by atoms with van der Waals surface area (Å²) >= 11 is 0. The Morgan fingerprint density at radius 1 is 1.15 bits per heavy atom. The lowest BCUT2D eigenvalue weighted by Gasteiger charge is -2.34. The van der Waals surface area contributed by atoms with Crippen LogP contribution in [0.15, 0.2) is 48.5 Å². The van der Waals surface area contributed by atoms with Crippen molar-refractivity contribution in [1.29, 1.82) is 0 Å². The molecule has 3 rings (SSSR count). The molecule has 33 heavy (non-hydrogen) atoms. The van der Waals surface area contributed by atoms with Gasteiger partial charge in [0.15, 0.2) is 0 Å². The van der Waals surface area contributed by atoms with Gasteiger partial charge in [0.25, 0.3) is 0 Å². The Hall–Kier alpha value is -2.51. The topological polar surface area (TPSA) is 44.8 Å². The molecule has 1 atom stereocenters. The molecule has 5 nitrogen and oxygen atoms in total. The van der Waals surface area contributed by atoms with Crippen LogP contribution in [0.1, 0.15) is 43.9 Å². The van der Waals surface area contributed by atoms with Crippen molar-refractivity contribution in [3.8, 4) is 0 Å². The van der Waals surface area contributed by atoms with E-state index < -0.39 is 11.6 Å². The zero-order valence-corrected chi connectivity index (χ0v) is 19.8. The minimum Gasteiger partial charge on any atom is -0.376 e. The van der Waals surface area contributed by atoms with Crippen molar-refractivity contribution in [2.45, 2.75) is 45.4 Å². The molecule has 0 spiro atoms. The Labute approximate surface area is 195 Å². The van der Waals surface area contributed by atoms with Gasteiger partial charge in [0.05, 0.1) is 25.3 Å². The van der Waals surface area contributed by atoms with Crippen LogP contribution in [0.3, 0.4) is 0 Å². The fourth-order valence-electron chi connectivity index (χ4n) is 4.07. The van der Waals surface area contributed by atoms with Crippen LogP contribution in [0.5, 0.6) is 0 Å². The Morgan fingerprint density at radius 3 is 2.48 bits per heavy atom. The number of carbonyl (C=O) groups excluding carboxylic acids is 1. The van der Waals surface area contributed by atoms with Crippen molar-refractivity contribution in [2.24, 2.45) is 5.92 Å². The number of benzene rings is 2. The molecule has 1 heterocycles. The van der Waals surface area contributed by atoms with Gasteiger partial charge in [-0.25, -0.2) is 13.6 Å². The van der Waals surface area contributed by atoms with Gasteiger partial charge < -0.3 is 19.9 Å². The molecule has 1 aliphatic rings. The van der Waals surface area contributed by atoms with E-state index in [9.17, 15) is 13.6 Å². The highest BCUT2D eigenvalue weighted by Crippen LogP contribution is 2.21. The lowest BCUT2D eigenvalue weighted by Crippen LogP contribution is -2.46. The van der Waals surface area contributed by atoms with Crippen molar-refractivity contribution in [3.63, 3.8) is 0 Å². The van der Waals surface area contributed by atoms with Gasteiger partial charge in [-0.2, -0.15) is 0 Å². The first-order valence-corrected chi connectivity index (χ1v) is 11.7. The molecule has 1 aliphatic heterocycles. The molecule has 1 unspecified atom stereocenters. The third kappa shape index (κ3) is 7.79. The van der Waals surface area contributed by atoms with E-state index in [4.69, 9.17) is 4.74 Å². The molecule has 7 heteroatoms. The number of nitrogens with one attached hydrogen (secondary N) is 1. The van der Waals surface area contributed by atoms with Crippen LogP contribution in [-0.2, 0) is 11.3 Å². The monoisotopic (exact) mass is 459 g/mol. The van der Waals surface area contributed by atoms with E-state index in [1.54, 1.807) is 4.90 Å². The molecule has 2 aromatic rings. The first kappa shape index (κ1) is 25.1. The summed E-state index contributed by atoms with van der Waals surface area (Å²) in [6.07, 6.45) is 1.98. The lowest BCUT2D eigenvalue weighted by molar-refractivity contribution is 0.0606. The first-order valence-electron chi connectivity index (χ1n) is 11.7. The summed E-state index contributed by atoms with van der Waals surface area (Å²) in [6, 6.07) is 12.6. The van der Waals surface area contributed by atoms with E-state index in [0.29, 0.717) is 24.6 Å². The molecular formula is C26H35F2N3O2. The maximum absolute atomic E-state index is 14.4. The highest BCUT2D eigenvalue weighted by Gasteiger charge is 2.26. The molecule has 2 amide bonds. The van der Waals surface area contributed by atoms with Crippen LogP contribution in [-0.4, -0.2) is 55.2 Å². The summed E-state index contributed by atoms with van der Waals surface area (Å²) in [5, 5.41) is 3.09. The zero-order chi connectivity index (χ0) is 23.8. The molecule has 0 saturated carbocycles. The third-order valence-electron chi connectivity index (χ3n) is 6.08. The number of hydrogen-bond donors (Lipinski definition) is 1. The second-order valence-electron chi connectivity index (χ2n) is 9.16. The molecule has 0 radical (unpaired) electrons. The SMILES string of the molecule is CC(C)OCC(NC(=O)N(Cc1ccc(F)cc1F)CC1CCN(C)CC1)c1ccccc1. The molecule has 1 N–H and O–H groups in total. The summed E-state index contributed by atoms with van der Waals surface area (Å²) in [7, 11) is 2.09. The maximum Gasteiger partial charge on any atom is 0.318 e. The Morgan fingerprint density at radius 2 is 1.85 bits per heavy atom. The molecule has 0 bridgehead atoms. The molecule has 180 valence electrons. The predicted octanol–water partition coefficient (Wildman–Crippen LogP) is 4.98. The quantitative estimate of drug-likeness (QED) is 0.575. The van der Waals surface area contributed by atoms with Crippen LogP contribution in [0.4, 0.5) is 13.6 Å². The van der Waals surface area contributed by atoms with E-state index in [1.165, 1.54) is 12.1 Å². The van der Waals surface area contributed by atoms with Crippen molar-refractivity contribution >= 4 is 6.03 Å². The summed E-state index contributed by atoms with van der Waals surface area (Å²) in [4.78, 5) is 17.4. The minimum atomic E-state index is -0.640. The number of nitrogens with zero attached hydrogens (tertiary/aromatic N) is 2. The number of amides is 2. The fraction of sp³-hybridized carbons (Fsp3) is 0.500. The Bertz CT molecular complexity index is 886. The number of hydrogen-bond acceptors (Lipinski definition) is 3. The molecule has 1 fully saturated rings. The maximum atomic E-state index is 14.4. The Kier molecular flexibility index (Phi) is 9.21. The van der Waals surface area contributed by atoms with Crippen molar-refractivity contribution < 1.29 is 18.3 Å². The van der Waals surface area contributed by atoms with Crippen LogP contribution in [0, 0.1) is 17.6 Å².